The van der Waals surface area contributed by atoms with E-state index in [-0.39, 0.29) is 21.9 Å². The Kier molecular flexibility index (Phi) is 4.65. The molecule has 0 radical (unpaired) electrons. The molecule has 2 aromatic carbocycles. The standard InChI is InChI=1S/C18H14FN3O3S/c1-25-18-8-13(7-6-12(18)10-20)22-26(23,24)14-9-17(21-11-14)15-4-2-3-5-16(15)19/h2-9,11,21-22H,1H3. The van der Waals surface area contributed by atoms with Gasteiger partial charge in [-0.2, -0.15) is 5.26 Å². The van der Waals surface area contributed by atoms with E-state index >= 15 is 0 Å². The van der Waals surface area contributed by atoms with Gasteiger partial charge in [-0.05, 0) is 30.3 Å². The molecule has 3 aromatic rings. The first kappa shape index (κ1) is 17.5. The Labute approximate surface area is 149 Å². The third kappa shape index (κ3) is 3.38. The van der Waals surface area contributed by atoms with Crippen LogP contribution in [0.1, 0.15) is 5.56 Å². The quantitative estimate of drug-likeness (QED) is 0.717. The minimum absolute atomic E-state index is 0.0425. The maximum absolute atomic E-state index is 13.9. The highest BCUT2D eigenvalue weighted by Gasteiger charge is 2.18. The van der Waals surface area contributed by atoms with Crippen molar-refractivity contribution in [1.82, 2.24) is 4.98 Å². The number of sulfonamides is 1. The lowest BCUT2D eigenvalue weighted by atomic mass is 10.1. The highest BCUT2D eigenvalue weighted by Crippen LogP contribution is 2.27. The predicted molar refractivity (Wildman–Crippen MR) is 94.7 cm³/mol. The van der Waals surface area contributed by atoms with Crippen molar-refractivity contribution in [2.24, 2.45) is 0 Å². The second-order valence-corrected chi connectivity index (χ2v) is 7.04. The fourth-order valence-electron chi connectivity index (χ4n) is 2.43. The molecule has 26 heavy (non-hydrogen) atoms. The maximum Gasteiger partial charge on any atom is 0.263 e. The molecule has 0 amide bonds. The zero-order valence-electron chi connectivity index (χ0n) is 13.7. The molecule has 2 N–H and O–H groups in total. The summed E-state index contributed by atoms with van der Waals surface area (Å²) >= 11 is 0. The Bertz CT molecular complexity index is 1100. The molecular formula is C18H14FN3O3S. The third-order valence-electron chi connectivity index (χ3n) is 3.71. The number of aromatic nitrogens is 1. The summed E-state index contributed by atoms with van der Waals surface area (Å²) in [5.74, 6) is -0.197. The van der Waals surface area contributed by atoms with Crippen LogP contribution in [0.5, 0.6) is 5.75 Å². The van der Waals surface area contributed by atoms with Crippen LogP contribution in [0.25, 0.3) is 11.3 Å². The molecule has 132 valence electrons. The minimum Gasteiger partial charge on any atom is -0.495 e. The number of rotatable bonds is 5. The fraction of sp³-hybridized carbons (Fsp3) is 0.0556. The van der Waals surface area contributed by atoms with Crippen molar-refractivity contribution in [2.75, 3.05) is 11.8 Å². The molecule has 0 saturated heterocycles. The number of benzene rings is 2. The Morgan fingerprint density at radius 1 is 1.19 bits per heavy atom. The van der Waals surface area contributed by atoms with Gasteiger partial charge in [-0.1, -0.05) is 12.1 Å². The summed E-state index contributed by atoms with van der Waals surface area (Å²) in [5.41, 5.74) is 1.16. The molecule has 0 unspecified atom stereocenters. The lowest BCUT2D eigenvalue weighted by Crippen LogP contribution is -2.12. The van der Waals surface area contributed by atoms with Gasteiger partial charge in [-0.3, -0.25) is 4.72 Å². The molecule has 0 aliphatic rings. The zero-order chi connectivity index (χ0) is 18.7. The Balaban J connectivity index is 1.90. The van der Waals surface area contributed by atoms with E-state index in [0.29, 0.717) is 11.3 Å². The van der Waals surface area contributed by atoms with Crippen LogP contribution in [-0.2, 0) is 10.0 Å². The summed E-state index contributed by atoms with van der Waals surface area (Å²) in [7, 11) is -2.51. The summed E-state index contributed by atoms with van der Waals surface area (Å²) in [6.07, 6.45) is 1.28. The van der Waals surface area contributed by atoms with Crippen molar-refractivity contribution in [2.45, 2.75) is 4.90 Å². The van der Waals surface area contributed by atoms with Crippen molar-refractivity contribution < 1.29 is 17.5 Å². The Morgan fingerprint density at radius 2 is 1.96 bits per heavy atom. The number of hydrogen-bond acceptors (Lipinski definition) is 4. The summed E-state index contributed by atoms with van der Waals surface area (Å²) in [6, 6.07) is 13.7. The molecule has 0 atom stereocenters. The first-order valence-corrected chi connectivity index (χ1v) is 8.97. The second kappa shape index (κ2) is 6.90. The van der Waals surface area contributed by atoms with Gasteiger partial charge in [0.1, 0.15) is 22.5 Å². The summed E-state index contributed by atoms with van der Waals surface area (Å²) in [4.78, 5) is 2.73. The van der Waals surface area contributed by atoms with Crippen molar-refractivity contribution >= 4 is 15.7 Å². The van der Waals surface area contributed by atoms with Gasteiger partial charge in [-0.15, -0.1) is 0 Å². The van der Waals surface area contributed by atoms with Crippen molar-refractivity contribution in [3.8, 4) is 23.1 Å². The van der Waals surface area contributed by atoms with Gasteiger partial charge in [0, 0.05) is 23.5 Å². The SMILES string of the molecule is COc1cc(NS(=O)(=O)c2c[nH]c(-c3ccccc3F)c2)ccc1C#N. The van der Waals surface area contributed by atoms with Gasteiger partial charge in [0.2, 0.25) is 0 Å². The number of anilines is 1. The highest BCUT2D eigenvalue weighted by atomic mass is 32.2. The fourth-order valence-corrected chi connectivity index (χ4v) is 3.47. The van der Waals surface area contributed by atoms with E-state index in [2.05, 4.69) is 9.71 Å². The van der Waals surface area contributed by atoms with E-state index in [9.17, 15) is 12.8 Å². The summed E-state index contributed by atoms with van der Waals surface area (Å²) in [6.45, 7) is 0. The van der Waals surface area contributed by atoms with Crippen molar-refractivity contribution in [3.05, 3.63) is 66.1 Å². The Hall–Kier alpha value is -3.31. The van der Waals surface area contributed by atoms with E-state index in [1.165, 1.54) is 43.6 Å². The van der Waals surface area contributed by atoms with E-state index in [0.717, 1.165) is 0 Å². The van der Waals surface area contributed by atoms with Crippen LogP contribution in [0, 0.1) is 17.1 Å². The molecule has 0 spiro atoms. The molecule has 0 saturated carbocycles. The van der Waals surface area contributed by atoms with Crippen molar-refractivity contribution in [1.29, 1.82) is 5.26 Å². The number of methoxy groups -OCH3 is 1. The normalized spacial score (nSPS) is 11.0. The van der Waals surface area contributed by atoms with E-state index in [1.54, 1.807) is 18.2 Å². The monoisotopic (exact) mass is 371 g/mol. The van der Waals surface area contributed by atoms with E-state index in [4.69, 9.17) is 10.00 Å². The molecule has 0 aliphatic carbocycles. The van der Waals surface area contributed by atoms with Crippen molar-refractivity contribution in [3.63, 3.8) is 0 Å². The number of aromatic amines is 1. The molecule has 8 heteroatoms. The molecule has 0 bridgehead atoms. The minimum atomic E-state index is -3.90. The predicted octanol–water partition coefficient (Wildman–Crippen LogP) is 3.50. The van der Waals surface area contributed by atoms with Crippen LogP contribution < -0.4 is 9.46 Å². The topological polar surface area (TPSA) is 95.0 Å². The average molecular weight is 371 g/mol. The largest absolute Gasteiger partial charge is 0.495 e. The molecule has 0 aliphatic heterocycles. The van der Waals surface area contributed by atoms with Crippen LogP contribution in [0.4, 0.5) is 10.1 Å². The first-order valence-electron chi connectivity index (χ1n) is 7.49. The Morgan fingerprint density at radius 3 is 2.65 bits per heavy atom. The van der Waals surface area contributed by atoms with E-state index < -0.39 is 15.8 Å². The summed E-state index contributed by atoms with van der Waals surface area (Å²) < 4.78 is 46.4. The second-order valence-electron chi connectivity index (χ2n) is 5.36. The third-order valence-corrected chi connectivity index (χ3v) is 5.07. The number of H-pyrrole nitrogens is 1. The first-order chi connectivity index (χ1) is 12.4. The number of ether oxygens (including phenoxy) is 1. The molecule has 0 fully saturated rings. The van der Waals surface area contributed by atoms with Crippen LogP contribution in [0.15, 0.2) is 59.6 Å². The molecule has 3 rings (SSSR count). The number of nitrogens with one attached hydrogen (secondary N) is 2. The highest BCUT2D eigenvalue weighted by molar-refractivity contribution is 7.92. The molecule has 6 nitrogen and oxygen atoms in total. The molecule has 1 heterocycles. The van der Waals surface area contributed by atoms with Gasteiger partial charge in [0.05, 0.1) is 18.4 Å². The lowest BCUT2D eigenvalue weighted by molar-refractivity contribution is 0.413. The number of halogens is 1. The van der Waals surface area contributed by atoms with Crippen LogP contribution in [0.2, 0.25) is 0 Å². The number of nitrogens with zero attached hydrogens (tertiary/aromatic N) is 1. The van der Waals surface area contributed by atoms with E-state index in [1.807, 2.05) is 6.07 Å². The van der Waals surface area contributed by atoms with Gasteiger partial charge in [0.15, 0.2) is 0 Å². The molecule has 1 aromatic heterocycles. The van der Waals surface area contributed by atoms with Gasteiger partial charge in [-0.25, -0.2) is 12.8 Å². The van der Waals surface area contributed by atoms with Crippen LogP contribution in [0.3, 0.4) is 0 Å². The molecular weight excluding hydrogens is 357 g/mol. The maximum atomic E-state index is 13.9. The smallest absolute Gasteiger partial charge is 0.263 e. The summed E-state index contributed by atoms with van der Waals surface area (Å²) in [5, 5.41) is 8.98. The lowest BCUT2D eigenvalue weighted by Gasteiger charge is -2.09. The number of nitriles is 1. The van der Waals surface area contributed by atoms with Gasteiger partial charge >= 0.3 is 0 Å². The van der Waals surface area contributed by atoms with Crippen LogP contribution in [-0.4, -0.2) is 20.5 Å². The van der Waals surface area contributed by atoms with Gasteiger partial charge < -0.3 is 9.72 Å². The number of hydrogen-bond donors (Lipinski definition) is 2. The van der Waals surface area contributed by atoms with Gasteiger partial charge in [0.25, 0.3) is 10.0 Å². The van der Waals surface area contributed by atoms with Crippen LogP contribution >= 0.6 is 0 Å². The zero-order valence-corrected chi connectivity index (χ0v) is 14.5. The average Bonchev–Trinajstić information content (AvgIpc) is 3.12.